The molecule has 0 fully saturated rings. The van der Waals surface area contributed by atoms with Crippen LogP contribution in [0.15, 0.2) is 53.7 Å². The zero-order chi connectivity index (χ0) is 21.6. The number of Topliss-reactive ketones (excluding diaryl/α,β-unsaturated/α-hetero) is 2. The highest BCUT2D eigenvalue weighted by atomic mass is 16.4. The Labute approximate surface area is 175 Å². The van der Waals surface area contributed by atoms with Crippen LogP contribution in [0.2, 0.25) is 0 Å². The molecule has 0 amide bonds. The molecular formula is C25H25NO4. The van der Waals surface area contributed by atoms with Gasteiger partial charge in [-0.15, -0.1) is 0 Å². The van der Waals surface area contributed by atoms with E-state index in [-0.39, 0.29) is 28.8 Å². The van der Waals surface area contributed by atoms with Gasteiger partial charge in [-0.2, -0.15) is 0 Å². The van der Waals surface area contributed by atoms with Crippen LogP contribution in [-0.2, 0) is 10.5 Å². The quantitative estimate of drug-likeness (QED) is 0.762. The van der Waals surface area contributed by atoms with Gasteiger partial charge in [0.2, 0.25) is 17.1 Å². The first kappa shape index (κ1) is 19.2. The molecule has 0 aromatic heterocycles. The van der Waals surface area contributed by atoms with E-state index >= 15 is 0 Å². The highest BCUT2D eigenvalue weighted by Gasteiger charge is 2.74. The van der Waals surface area contributed by atoms with Gasteiger partial charge in [0.05, 0.1) is 5.57 Å². The number of benzene rings is 2. The second-order valence-corrected chi connectivity index (χ2v) is 9.70. The normalized spacial score (nSPS) is 29.2. The van der Waals surface area contributed by atoms with Crippen LogP contribution in [-0.4, -0.2) is 27.4 Å². The monoisotopic (exact) mass is 403 g/mol. The first-order chi connectivity index (χ1) is 14.0. The molecule has 0 saturated carbocycles. The number of hydrogen-bond acceptors (Lipinski definition) is 5. The zero-order valence-electron chi connectivity index (χ0n) is 17.6. The Bertz CT molecular complexity index is 1160. The molecule has 2 atom stereocenters. The van der Waals surface area contributed by atoms with E-state index in [0.717, 1.165) is 11.1 Å². The Morgan fingerprint density at radius 2 is 1.57 bits per heavy atom. The van der Waals surface area contributed by atoms with Crippen molar-refractivity contribution in [1.29, 1.82) is 0 Å². The van der Waals surface area contributed by atoms with E-state index < -0.39 is 17.1 Å². The van der Waals surface area contributed by atoms with Gasteiger partial charge >= 0.3 is 0 Å². The van der Waals surface area contributed by atoms with Gasteiger partial charge in [-0.25, -0.2) is 0 Å². The molecule has 5 rings (SSSR count). The molecule has 154 valence electrons. The van der Waals surface area contributed by atoms with E-state index in [1.807, 2.05) is 45.9 Å². The number of aliphatic hydroxyl groups is 2. The molecule has 0 saturated heterocycles. The van der Waals surface area contributed by atoms with Crippen LogP contribution in [0.3, 0.4) is 0 Å². The van der Waals surface area contributed by atoms with Crippen LogP contribution in [0.1, 0.15) is 53.7 Å². The van der Waals surface area contributed by atoms with Crippen molar-refractivity contribution in [3.63, 3.8) is 0 Å². The summed E-state index contributed by atoms with van der Waals surface area (Å²) in [6.07, 6.45) is 0.690. The molecule has 0 bridgehead atoms. The SMILES string of the molecule is Cc1cc(C)cc(N2C3=C(C(=O)CC(C)(C)C3)[C@]3(O)C(=O)c4ccccc4[C@]23O)c1. The second-order valence-electron chi connectivity index (χ2n) is 9.70. The highest BCUT2D eigenvalue weighted by Crippen LogP contribution is 2.61. The van der Waals surface area contributed by atoms with Gasteiger partial charge in [0, 0.05) is 28.9 Å². The summed E-state index contributed by atoms with van der Waals surface area (Å²) in [6.45, 7) is 7.91. The van der Waals surface area contributed by atoms with E-state index in [1.54, 1.807) is 29.2 Å². The minimum absolute atomic E-state index is 0.0460. The Balaban J connectivity index is 1.88. The Morgan fingerprint density at radius 3 is 2.23 bits per heavy atom. The van der Waals surface area contributed by atoms with Crippen molar-refractivity contribution in [3.8, 4) is 0 Å². The number of hydrogen-bond donors (Lipinski definition) is 2. The number of nitrogens with zero attached hydrogens (tertiary/aromatic N) is 1. The standard InChI is InChI=1S/C25H25NO4/c1-14-9-15(2)11-16(10-14)26-19-12-23(3,4)13-20(27)21(19)24(29)22(28)17-7-5-6-8-18(17)25(24,26)30/h5-11,29-30H,12-13H2,1-4H3/t24-,25+/m0/s1. The van der Waals surface area contributed by atoms with Crippen molar-refractivity contribution in [2.75, 3.05) is 4.90 Å². The van der Waals surface area contributed by atoms with Crippen molar-refractivity contribution < 1.29 is 19.8 Å². The lowest BCUT2D eigenvalue weighted by molar-refractivity contribution is -0.124. The number of carbonyl (C=O) groups is 2. The molecule has 30 heavy (non-hydrogen) atoms. The van der Waals surface area contributed by atoms with E-state index in [9.17, 15) is 19.8 Å². The summed E-state index contributed by atoms with van der Waals surface area (Å²) in [4.78, 5) is 28.4. The molecule has 2 aromatic carbocycles. The van der Waals surface area contributed by atoms with Crippen molar-refractivity contribution >= 4 is 17.3 Å². The van der Waals surface area contributed by atoms with E-state index in [4.69, 9.17) is 0 Å². The van der Waals surface area contributed by atoms with Gasteiger partial charge in [0.25, 0.3) is 0 Å². The topological polar surface area (TPSA) is 77.8 Å². The molecule has 3 aliphatic rings. The van der Waals surface area contributed by atoms with Gasteiger partial charge < -0.3 is 15.1 Å². The summed E-state index contributed by atoms with van der Waals surface area (Å²) in [5, 5.41) is 24.1. The third-order valence-corrected chi connectivity index (χ3v) is 6.65. The number of fused-ring (bicyclic) bond motifs is 4. The summed E-state index contributed by atoms with van der Waals surface area (Å²) in [7, 11) is 0. The molecule has 2 N–H and O–H groups in total. The molecule has 0 unspecified atom stereocenters. The summed E-state index contributed by atoms with van der Waals surface area (Å²) in [5.74, 6) is -0.900. The molecule has 2 aliphatic carbocycles. The van der Waals surface area contributed by atoms with Gasteiger partial charge in [-0.05, 0) is 48.9 Å². The van der Waals surface area contributed by atoms with E-state index in [0.29, 0.717) is 23.4 Å². The summed E-state index contributed by atoms with van der Waals surface area (Å²) < 4.78 is 0. The lowest BCUT2D eigenvalue weighted by Crippen LogP contribution is -2.58. The highest BCUT2D eigenvalue weighted by molar-refractivity contribution is 6.19. The Morgan fingerprint density at radius 1 is 0.933 bits per heavy atom. The van der Waals surface area contributed by atoms with Crippen LogP contribution in [0.4, 0.5) is 5.69 Å². The first-order valence-electron chi connectivity index (χ1n) is 10.2. The number of aryl methyl sites for hydroxylation is 2. The maximum Gasteiger partial charge on any atom is 0.211 e. The molecule has 1 aliphatic heterocycles. The predicted octanol–water partition coefficient (Wildman–Crippen LogP) is 3.54. The minimum Gasteiger partial charge on any atom is -0.372 e. The lowest BCUT2D eigenvalue weighted by atomic mass is 9.72. The fourth-order valence-electron chi connectivity index (χ4n) is 5.61. The zero-order valence-corrected chi connectivity index (χ0v) is 17.6. The maximum absolute atomic E-state index is 13.5. The number of carbonyl (C=O) groups excluding carboxylic acids is 2. The fraction of sp³-hybridized carbons (Fsp3) is 0.360. The van der Waals surface area contributed by atoms with Crippen molar-refractivity contribution in [1.82, 2.24) is 0 Å². The number of ketones is 2. The molecule has 1 heterocycles. The third kappa shape index (κ3) is 2.14. The molecular weight excluding hydrogens is 378 g/mol. The molecule has 0 spiro atoms. The van der Waals surface area contributed by atoms with Crippen LogP contribution in [0.25, 0.3) is 0 Å². The van der Waals surface area contributed by atoms with Crippen LogP contribution in [0.5, 0.6) is 0 Å². The lowest BCUT2D eigenvalue weighted by Gasteiger charge is -2.41. The summed E-state index contributed by atoms with van der Waals surface area (Å²) in [6, 6.07) is 12.6. The van der Waals surface area contributed by atoms with Crippen LogP contribution >= 0.6 is 0 Å². The smallest absolute Gasteiger partial charge is 0.211 e. The van der Waals surface area contributed by atoms with E-state index in [2.05, 4.69) is 0 Å². The average Bonchev–Trinajstić information content (AvgIpc) is 2.94. The molecule has 0 radical (unpaired) electrons. The number of anilines is 1. The molecule has 2 aromatic rings. The minimum atomic E-state index is -2.32. The van der Waals surface area contributed by atoms with Gasteiger partial charge in [0.1, 0.15) is 0 Å². The average molecular weight is 403 g/mol. The van der Waals surface area contributed by atoms with Gasteiger partial charge in [-0.3, -0.25) is 9.59 Å². The molecule has 5 nitrogen and oxygen atoms in total. The third-order valence-electron chi connectivity index (χ3n) is 6.65. The first-order valence-corrected chi connectivity index (χ1v) is 10.2. The van der Waals surface area contributed by atoms with Crippen molar-refractivity contribution in [2.24, 2.45) is 5.41 Å². The predicted molar refractivity (Wildman–Crippen MR) is 113 cm³/mol. The van der Waals surface area contributed by atoms with Gasteiger partial charge in [-0.1, -0.05) is 44.2 Å². The van der Waals surface area contributed by atoms with Gasteiger partial charge in [0.15, 0.2) is 5.78 Å². The van der Waals surface area contributed by atoms with E-state index in [1.165, 1.54) is 0 Å². The van der Waals surface area contributed by atoms with Crippen molar-refractivity contribution in [2.45, 2.75) is 51.9 Å². The molecule has 5 heteroatoms. The van der Waals surface area contributed by atoms with Crippen LogP contribution in [0, 0.1) is 19.3 Å². The van der Waals surface area contributed by atoms with Crippen molar-refractivity contribution in [3.05, 3.63) is 76.0 Å². The summed E-state index contributed by atoms with van der Waals surface area (Å²) >= 11 is 0. The Hall–Kier alpha value is -2.76. The second kappa shape index (κ2) is 5.68. The van der Waals surface area contributed by atoms with Crippen LogP contribution < -0.4 is 4.90 Å². The largest absolute Gasteiger partial charge is 0.372 e. The summed E-state index contributed by atoms with van der Waals surface area (Å²) in [5.41, 5.74) is -0.930. The maximum atomic E-state index is 13.5. The number of allylic oxidation sites excluding steroid dienone is 1. The fourth-order valence-corrected chi connectivity index (χ4v) is 5.61. The number of rotatable bonds is 1. The Kier molecular flexibility index (Phi) is 3.64.